The van der Waals surface area contributed by atoms with Crippen LogP contribution in [0, 0.1) is 11.3 Å². The van der Waals surface area contributed by atoms with E-state index in [0.29, 0.717) is 33.7 Å². The fourth-order valence-corrected chi connectivity index (χ4v) is 4.21. The first kappa shape index (κ1) is 21.8. The van der Waals surface area contributed by atoms with Crippen LogP contribution in [-0.2, 0) is 16.5 Å². The Morgan fingerprint density at radius 1 is 1.07 bits per heavy atom. The summed E-state index contributed by atoms with van der Waals surface area (Å²) < 4.78 is 34.5. The second kappa shape index (κ2) is 8.85. The van der Waals surface area contributed by atoms with E-state index in [1.165, 1.54) is 6.07 Å². The van der Waals surface area contributed by atoms with Crippen molar-refractivity contribution in [3.63, 3.8) is 0 Å². The predicted molar refractivity (Wildman–Crippen MR) is 120 cm³/mol. The van der Waals surface area contributed by atoms with Crippen LogP contribution in [-0.4, -0.2) is 13.0 Å². The third-order valence-corrected chi connectivity index (χ3v) is 6.05. The van der Waals surface area contributed by atoms with Crippen molar-refractivity contribution in [2.75, 3.05) is 0 Å². The normalized spacial score (nSPS) is 11.9. The van der Waals surface area contributed by atoms with Gasteiger partial charge in [-0.15, -0.1) is 0 Å². The maximum absolute atomic E-state index is 12.3. The monoisotopic (exact) mass is 437 g/mol. The molecule has 3 rings (SSSR count). The number of nitriles is 1. The van der Waals surface area contributed by atoms with E-state index >= 15 is 0 Å². The Morgan fingerprint density at radius 3 is 2.37 bits per heavy atom. The number of rotatable bonds is 5. The molecule has 1 N–H and O–H groups in total. The van der Waals surface area contributed by atoms with Gasteiger partial charge in [-0.3, -0.25) is 4.55 Å². The maximum Gasteiger partial charge on any atom is 0.295 e. The third kappa shape index (κ3) is 4.63. The fourth-order valence-electron chi connectivity index (χ4n) is 3.37. The molecule has 0 spiro atoms. The summed E-state index contributed by atoms with van der Waals surface area (Å²) in [5, 5.41) is 9.88. The number of hydrogen-bond donors (Lipinski definition) is 1. The molecule has 3 aromatic rings. The second-order valence-electron chi connectivity index (χ2n) is 6.96. The quantitative estimate of drug-likeness (QED) is 0.375. The Bertz CT molecular complexity index is 1270. The van der Waals surface area contributed by atoms with Crippen LogP contribution in [0.15, 0.2) is 77.2 Å². The average Bonchev–Trinajstić information content (AvgIpc) is 2.73. The van der Waals surface area contributed by atoms with Crippen molar-refractivity contribution in [2.24, 2.45) is 0 Å². The second-order valence-corrected chi connectivity index (χ2v) is 8.79. The summed E-state index contributed by atoms with van der Waals surface area (Å²) in [5.41, 5.74) is 4.74. The number of hydrogen-bond acceptors (Lipinski definition) is 3. The molecule has 0 radical (unpaired) electrons. The third-order valence-electron chi connectivity index (χ3n) is 4.91. The number of nitrogens with zero attached hydrogens (tertiary/aromatic N) is 1. The van der Waals surface area contributed by atoms with E-state index in [-0.39, 0.29) is 4.90 Å². The van der Waals surface area contributed by atoms with Gasteiger partial charge in [0.1, 0.15) is 4.90 Å². The first-order valence-electron chi connectivity index (χ1n) is 9.26. The number of halogens is 1. The molecule has 0 aliphatic carbocycles. The summed E-state index contributed by atoms with van der Waals surface area (Å²) in [4.78, 5) is -0.204. The van der Waals surface area contributed by atoms with E-state index < -0.39 is 10.1 Å². The zero-order valence-corrected chi connectivity index (χ0v) is 18.1. The SMILES string of the molecule is CC=C(C)Cc1ccc(S(=O)(=O)O)c(-c2cccc(C#N)c2)c1-c1ccc(Cl)cc1. The van der Waals surface area contributed by atoms with Gasteiger partial charge < -0.3 is 0 Å². The molecular formula is C24H20ClNO3S. The van der Waals surface area contributed by atoms with Gasteiger partial charge in [0.2, 0.25) is 0 Å². The summed E-state index contributed by atoms with van der Waals surface area (Å²) in [6, 6.07) is 19.0. The summed E-state index contributed by atoms with van der Waals surface area (Å²) in [6.07, 6.45) is 2.60. The Hall–Kier alpha value is -2.91. The first-order chi connectivity index (χ1) is 14.2. The molecule has 0 heterocycles. The topological polar surface area (TPSA) is 78.2 Å². The smallest absolute Gasteiger partial charge is 0.282 e. The highest BCUT2D eigenvalue weighted by Crippen LogP contribution is 2.41. The molecule has 0 aliphatic heterocycles. The van der Waals surface area contributed by atoms with Crippen molar-refractivity contribution in [1.29, 1.82) is 5.26 Å². The standard InChI is InChI=1S/C24H20ClNO3S/c1-3-16(2)13-20-9-12-22(30(27,28)29)24(19-6-4-5-17(14-19)15-26)23(20)18-7-10-21(25)11-8-18/h3-12,14H,13H2,1-2H3,(H,27,28,29). The molecule has 3 aromatic carbocycles. The van der Waals surface area contributed by atoms with Crippen LogP contribution < -0.4 is 0 Å². The van der Waals surface area contributed by atoms with Crippen LogP contribution in [0.5, 0.6) is 0 Å². The minimum absolute atomic E-state index is 0.204. The predicted octanol–water partition coefficient (Wildman–Crippen LogP) is 6.30. The summed E-state index contributed by atoms with van der Waals surface area (Å²) in [7, 11) is -4.51. The lowest BCUT2D eigenvalue weighted by Crippen LogP contribution is -2.05. The van der Waals surface area contributed by atoms with Gasteiger partial charge in [0.25, 0.3) is 10.1 Å². The van der Waals surface area contributed by atoms with Crippen LogP contribution in [0.2, 0.25) is 5.02 Å². The molecule has 0 amide bonds. The van der Waals surface area contributed by atoms with Gasteiger partial charge in [-0.25, -0.2) is 0 Å². The van der Waals surface area contributed by atoms with Crippen LogP contribution in [0.25, 0.3) is 22.3 Å². The van der Waals surface area contributed by atoms with Crippen LogP contribution in [0.4, 0.5) is 0 Å². The fraction of sp³-hybridized carbons (Fsp3) is 0.125. The van der Waals surface area contributed by atoms with Gasteiger partial charge in [0.05, 0.1) is 11.6 Å². The van der Waals surface area contributed by atoms with Crippen molar-refractivity contribution in [1.82, 2.24) is 0 Å². The van der Waals surface area contributed by atoms with Gasteiger partial charge in [0.15, 0.2) is 0 Å². The summed E-state index contributed by atoms with van der Waals surface area (Å²) in [5.74, 6) is 0. The molecule has 0 aromatic heterocycles. The molecule has 0 fully saturated rings. The summed E-state index contributed by atoms with van der Waals surface area (Å²) in [6.45, 7) is 3.94. The van der Waals surface area contributed by atoms with Crippen molar-refractivity contribution >= 4 is 21.7 Å². The lowest BCUT2D eigenvalue weighted by molar-refractivity contribution is 0.483. The molecule has 0 saturated carbocycles. The molecule has 0 atom stereocenters. The van der Waals surface area contributed by atoms with E-state index in [2.05, 4.69) is 6.07 Å². The van der Waals surface area contributed by atoms with E-state index in [1.807, 2.05) is 32.1 Å². The molecular weight excluding hydrogens is 418 g/mol. The molecule has 152 valence electrons. The van der Waals surface area contributed by atoms with Gasteiger partial charge in [0, 0.05) is 10.6 Å². The van der Waals surface area contributed by atoms with Crippen molar-refractivity contribution in [2.45, 2.75) is 25.2 Å². The van der Waals surface area contributed by atoms with Crippen LogP contribution in [0.3, 0.4) is 0 Å². The molecule has 0 saturated heterocycles. The van der Waals surface area contributed by atoms with Gasteiger partial charge >= 0.3 is 0 Å². The highest BCUT2D eigenvalue weighted by Gasteiger charge is 2.23. The average molecular weight is 438 g/mol. The zero-order valence-electron chi connectivity index (χ0n) is 16.6. The van der Waals surface area contributed by atoms with E-state index in [0.717, 1.165) is 16.7 Å². The Balaban J connectivity index is 2.47. The summed E-state index contributed by atoms with van der Waals surface area (Å²) >= 11 is 6.06. The Labute approximate surface area is 181 Å². The van der Waals surface area contributed by atoms with Gasteiger partial charge in [-0.2, -0.15) is 13.7 Å². The Kier molecular flexibility index (Phi) is 6.42. The molecule has 6 heteroatoms. The largest absolute Gasteiger partial charge is 0.295 e. The molecule has 4 nitrogen and oxygen atoms in total. The van der Waals surface area contributed by atoms with E-state index in [1.54, 1.807) is 42.5 Å². The van der Waals surface area contributed by atoms with Crippen molar-refractivity contribution in [3.8, 4) is 28.3 Å². The van der Waals surface area contributed by atoms with Gasteiger partial charge in [-0.1, -0.05) is 53.6 Å². The lowest BCUT2D eigenvalue weighted by Gasteiger charge is -2.19. The van der Waals surface area contributed by atoms with Gasteiger partial charge in [-0.05, 0) is 72.9 Å². The molecule has 0 aliphatic rings. The van der Waals surface area contributed by atoms with E-state index in [9.17, 15) is 18.2 Å². The highest BCUT2D eigenvalue weighted by atomic mass is 35.5. The molecule has 0 bridgehead atoms. The lowest BCUT2D eigenvalue weighted by atomic mass is 9.87. The maximum atomic E-state index is 12.3. The van der Waals surface area contributed by atoms with Crippen molar-refractivity contribution in [3.05, 3.63) is 88.5 Å². The number of benzene rings is 3. The minimum atomic E-state index is -4.51. The number of allylic oxidation sites excluding steroid dienone is 2. The van der Waals surface area contributed by atoms with Crippen LogP contribution in [0.1, 0.15) is 25.0 Å². The van der Waals surface area contributed by atoms with Crippen molar-refractivity contribution < 1.29 is 13.0 Å². The minimum Gasteiger partial charge on any atom is -0.282 e. The molecule has 30 heavy (non-hydrogen) atoms. The molecule has 0 unspecified atom stereocenters. The first-order valence-corrected chi connectivity index (χ1v) is 11.1. The highest BCUT2D eigenvalue weighted by molar-refractivity contribution is 7.86. The van der Waals surface area contributed by atoms with Crippen LogP contribution >= 0.6 is 11.6 Å². The zero-order chi connectivity index (χ0) is 21.9. The van der Waals surface area contributed by atoms with E-state index in [4.69, 9.17) is 11.6 Å². The Morgan fingerprint density at radius 2 is 1.77 bits per heavy atom.